The van der Waals surface area contributed by atoms with E-state index in [1.165, 1.54) is 57.8 Å². The van der Waals surface area contributed by atoms with Gasteiger partial charge in [0.25, 0.3) is 0 Å². The van der Waals surface area contributed by atoms with Crippen LogP contribution < -0.4 is 14.2 Å². The molecule has 0 fully saturated rings. The Bertz CT molecular complexity index is 1210. The summed E-state index contributed by atoms with van der Waals surface area (Å²) in [5.74, 6) is 2.63. The molecule has 3 rings (SSSR count). The number of benzene rings is 3. The number of esters is 2. The highest BCUT2D eigenvalue weighted by molar-refractivity contribution is 7.99. The molecule has 5 nitrogen and oxygen atoms in total. The van der Waals surface area contributed by atoms with Crippen LogP contribution in [0.15, 0.2) is 60.7 Å². The van der Waals surface area contributed by atoms with Crippen molar-refractivity contribution in [2.24, 2.45) is 5.92 Å². The first-order valence-corrected chi connectivity index (χ1v) is 16.4. The van der Waals surface area contributed by atoms with Gasteiger partial charge in [0.1, 0.15) is 17.2 Å². The van der Waals surface area contributed by atoms with Gasteiger partial charge in [-0.2, -0.15) is 11.8 Å². The predicted molar refractivity (Wildman–Crippen MR) is 170 cm³/mol. The molecule has 0 aliphatic carbocycles. The lowest BCUT2D eigenvalue weighted by molar-refractivity contribution is -0.137. The summed E-state index contributed by atoms with van der Waals surface area (Å²) in [6, 6.07) is 18.0. The van der Waals surface area contributed by atoms with Crippen LogP contribution in [0.3, 0.4) is 0 Å². The maximum Gasteiger partial charge on any atom is 0.343 e. The van der Waals surface area contributed by atoms with E-state index in [-0.39, 0.29) is 11.9 Å². The lowest BCUT2D eigenvalue weighted by Gasteiger charge is -2.11. The van der Waals surface area contributed by atoms with Gasteiger partial charge in [0.05, 0.1) is 18.1 Å². The van der Waals surface area contributed by atoms with Crippen LogP contribution in [0.5, 0.6) is 17.2 Å². The maximum absolute atomic E-state index is 12.7. The highest BCUT2D eigenvalue weighted by Crippen LogP contribution is 2.26. The Balaban J connectivity index is 1.40. The van der Waals surface area contributed by atoms with Crippen LogP contribution in [0.25, 0.3) is 10.8 Å². The summed E-state index contributed by atoms with van der Waals surface area (Å²) in [6.07, 6.45) is 13.0. The smallest absolute Gasteiger partial charge is 0.343 e. The van der Waals surface area contributed by atoms with Crippen LogP contribution in [-0.2, 0) is 4.79 Å². The fraction of sp³-hybridized carbons (Fsp3) is 0.486. The number of hydrogen-bond acceptors (Lipinski definition) is 6. The Morgan fingerprint density at radius 1 is 0.683 bits per heavy atom. The van der Waals surface area contributed by atoms with Crippen LogP contribution in [0.1, 0.15) is 95.3 Å². The topological polar surface area (TPSA) is 61.8 Å². The van der Waals surface area contributed by atoms with Crippen LogP contribution in [0.2, 0.25) is 0 Å². The van der Waals surface area contributed by atoms with Crippen molar-refractivity contribution in [3.05, 3.63) is 66.2 Å². The molecular weight excluding hydrogens is 532 g/mol. The largest absolute Gasteiger partial charge is 0.494 e. The first kappa shape index (κ1) is 32.5. The van der Waals surface area contributed by atoms with Crippen LogP contribution in [-0.4, -0.2) is 30.1 Å². The number of rotatable bonds is 19. The monoisotopic (exact) mass is 578 g/mol. The minimum Gasteiger partial charge on any atom is -0.494 e. The van der Waals surface area contributed by atoms with Crippen molar-refractivity contribution >= 4 is 34.5 Å². The number of thioether (sulfide) groups is 1. The lowest BCUT2D eigenvalue weighted by Crippen LogP contribution is -2.19. The quantitative estimate of drug-likeness (QED) is 0.0802. The normalized spacial score (nSPS) is 11.8. The number of fused-ring (bicyclic) bond motifs is 1. The number of unbranched alkanes of at least 4 members (excludes halogenated alkanes) is 9. The molecular formula is C35H46O5S. The van der Waals surface area contributed by atoms with Crippen molar-refractivity contribution in [1.29, 1.82) is 0 Å². The van der Waals surface area contributed by atoms with Gasteiger partial charge in [0.2, 0.25) is 0 Å². The summed E-state index contributed by atoms with van der Waals surface area (Å²) in [5, 5.41) is 1.79. The third-order valence-electron chi connectivity index (χ3n) is 7.04. The van der Waals surface area contributed by atoms with Gasteiger partial charge >= 0.3 is 11.9 Å². The Labute approximate surface area is 250 Å². The standard InChI is InChI=1S/C35H46O5S/c1-4-6-7-8-9-10-11-12-13-14-23-38-31-19-15-28(16-20-31)35(37)40-33-22-18-29-24-32(21-17-30(29)25-33)39-34(36)27(3)26-41-5-2/h15-22,24-25,27H,4-14,23,26H2,1-3H3/t27-/m0/s1. The fourth-order valence-electron chi connectivity index (χ4n) is 4.54. The molecule has 3 aromatic rings. The molecule has 0 aliphatic heterocycles. The first-order chi connectivity index (χ1) is 20.0. The minimum absolute atomic E-state index is 0.164. The number of carbonyl (C=O) groups excluding carboxylic acids is 2. The Morgan fingerprint density at radius 2 is 1.22 bits per heavy atom. The molecule has 0 radical (unpaired) electrons. The van der Waals surface area contributed by atoms with E-state index in [9.17, 15) is 9.59 Å². The summed E-state index contributed by atoms with van der Waals surface area (Å²) in [4.78, 5) is 25.0. The molecule has 3 aromatic carbocycles. The molecule has 0 bridgehead atoms. The van der Waals surface area contributed by atoms with Crippen LogP contribution >= 0.6 is 11.8 Å². The van der Waals surface area contributed by atoms with Crippen LogP contribution in [0, 0.1) is 5.92 Å². The average Bonchev–Trinajstić information content (AvgIpc) is 2.99. The second-order valence-corrected chi connectivity index (χ2v) is 11.9. The molecule has 222 valence electrons. The summed E-state index contributed by atoms with van der Waals surface area (Å²) < 4.78 is 17.0. The maximum atomic E-state index is 12.7. The van der Waals surface area contributed by atoms with Crippen LogP contribution in [0.4, 0.5) is 0 Å². The summed E-state index contributed by atoms with van der Waals surface area (Å²) >= 11 is 1.72. The molecule has 0 aromatic heterocycles. The Kier molecular flexibility index (Phi) is 14.6. The van der Waals surface area contributed by atoms with Crippen molar-refractivity contribution in [1.82, 2.24) is 0 Å². The van der Waals surface area contributed by atoms with Gasteiger partial charge in [-0.05, 0) is 71.5 Å². The van der Waals surface area contributed by atoms with E-state index in [2.05, 4.69) is 13.8 Å². The predicted octanol–water partition coefficient (Wildman–Crippen LogP) is 9.65. The molecule has 0 unspecified atom stereocenters. The van der Waals surface area contributed by atoms with E-state index in [0.29, 0.717) is 23.7 Å². The number of hydrogen-bond donors (Lipinski definition) is 0. The van der Waals surface area contributed by atoms with Crippen molar-refractivity contribution in [3.8, 4) is 17.2 Å². The van der Waals surface area contributed by atoms with E-state index in [1.54, 1.807) is 36.0 Å². The summed E-state index contributed by atoms with van der Waals surface area (Å²) in [6.45, 7) is 6.90. The van der Waals surface area contributed by atoms with Crippen molar-refractivity contribution in [2.75, 3.05) is 18.1 Å². The van der Waals surface area contributed by atoms with Gasteiger partial charge in [-0.15, -0.1) is 0 Å². The summed E-state index contributed by atoms with van der Waals surface area (Å²) in [7, 11) is 0. The van der Waals surface area contributed by atoms with E-state index in [4.69, 9.17) is 14.2 Å². The SMILES string of the molecule is CCCCCCCCCCCCOc1ccc(C(=O)Oc2ccc3cc(OC(=O)[C@@H](C)CSCC)ccc3c2)cc1. The molecule has 0 N–H and O–H groups in total. The van der Waals surface area contributed by atoms with Gasteiger partial charge in [-0.25, -0.2) is 4.79 Å². The second kappa shape index (κ2) is 18.4. The van der Waals surface area contributed by atoms with Gasteiger partial charge in [-0.3, -0.25) is 4.79 Å². The lowest BCUT2D eigenvalue weighted by atomic mass is 10.1. The van der Waals surface area contributed by atoms with E-state index in [0.717, 1.165) is 34.4 Å². The third-order valence-corrected chi connectivity index (χ3v) is 8.19. The van der Waals surface area contributed by atoms with Crippen molar-refractivity contribution in [2.45, 2.75) is 85.0 Å². The van der Waals surface area contributed by atoms with Crippen molar-refractivity contribution in [3.63, 3.8) is 0 Å². The molecule has 6 heteroatoms. The zero-order valence-electron chi connectivity index (χ0n) is 25.0. The molecule has 0 amide bonds. The van der Waals surface area contributed by atoms with E-state index >= 15 is 0 Å². The Hall–Kier alpha value is -2.99. The van der Waals surface area contributed by atoms with Gasteiger partial charge in [0.15, 0.2) is 0 Å². The zero-order valence-corrected chi connectivity index (χ0v) is 25.8. The first-order valence-electron chi connectivity index (χ1n) is 15.3. The van der Waals surface area contributed by atoms with E-state index < -0.39 is 5.97 Å². The molecule has 0 saturated carbocycles. The highest BCUT2D eigenvalue weighted by atomic mass is 32.2. The van der Waals surface area contributed by atoms with Gasteiger partial charge in [-0.1, -0.05) is 90.7 Å². The van der Waals surface area contributed by atoms with Gasteiger partial charge in [0, 0.05) is 5.75 Å². The highest BCUT2D eigenvalue weighted by Gasteiger charge is 2.16. The Morgan fingerprint density at radius 3 is 1.80 bits per heavy atom. The minimum atomic E-state index is -0.421. The third kappa shape index (κ3) is 11.8. The fourth-order valence-corrected chi connectivity index (χ4v) is 5.27. The molecule has 0 saturated heterocycles. The molecule has 0 spiro atoms. The van der Waals surface area contributed by atoms with Gasteiger partial charge < -0.3 is 14.2 Å². The molecule has 41 heavy (non-hydrogen) atoms. The molecule has 0 aliphatic rings. The molecule has 0 heterocycles. The second-order valence-electron chi connectivity index (χ2n) is 10.6. The average molecular weight is 579 g/mol. The zero-order chi connectivity index (χ0) is 29.3. The van der Waals surface area contributed by atoms with Crippen molar-refractivity contribution < 1.29 is 23.8 Å². The number of carbonyl (C=O) groups is 2. The van der Waals surface area contributed by atoms with E-state index in [1.807, 2.05) is 43.3 Å². The summed E-state index contributed by atoms with van der Waals surface area (Å²) in [5.41, 5.74) is 0.467. The molecule has 1 atom stereocenters. The number of ether oxygens (including phenoxy) is 3.